The highest BCUT2D eigenvalue weighted by Gasteiger charge is 2.20. The van der Waals surface area contributed by atoms with E-state index in [1.165, 1.54) is 17.5 Å². The second-order valence-corrected chi connectivity index (χ2v) is 5.34. The Morgan fingerprint density at radius 2 is 2.00 bits per heavy atom. The molecule has 1 aliphatic carbocycles. The van der Waals surface area contributed by atoms with Gasteiger partial charge in [-0.25, -0.2) is 0 Å². The van der Waals surface area contributed by atoms with Crippen LogP contribution in [0.15, 0.2) is 42.5 Å². The highest BCUT2D eigenvalue weighted by atomic mass is 16.5. The first-order valence-corrected chi connectivity index (χ1v) is 7.23. The summed E-state index contributed by atoms with van der Waals surface area (Å²) >= 11 is 0. The van der Waals surface area contributed by atoms with Gasteiger partial charge in [0.15, 0.2) is 0 Å². The van der Waals surface area contributed by atoms with Crippen molar-refractivity contribution in [2.75, 3.05) is 12.4 Å². The molecule has 0 amide bonds. The third-order valence-corrected chi connectivity index (χ3v) is 4.02. The summed E-state index contributed by atoms with van der Waals surface area (Å²) in [5, 5.41) is 12.4. The molecule has 1 unspecified atom stereocenters. The van der Waals surface area contributed by atoms with E-state index < -0.39 is 0 Å². The first-order valence-electron chi connectivity index (χ1n) is 7.23. The van der Waals surface area contributed by atoms with E-state index in [-0.39, 0.29) is 0 Å². The number of fused-ring (bicyclic) bond motifs is 1. The zero-order valence-electron chi connectivity index (χ0n) is 12.1. The van der Waals surface area contributed by atoms with Gasteiger partial charge in [-0.2, -0.15) is 5.26 Å². The van der Waals surface area contributed by atoms with Gasteiger partial charge in [-0.15, -0.1) is 0 Å². The monoisotopic (exact) mass is 278 g/mol. The normalized spacial score (nSPS) is 16.7. The fourth-order valence-electron chi connectivity index (χ4n) is 2.90. The van der Waals surface area contributed by atoms with Crippen LogP contribution in [0.25, 0.3) is 0 Å². The maximum absolute atomic E-state index is 8.85. The fraction of sp³-hybridized carbons (Fsp3) is 0.278. The molecule has 0 bridgehead atoms. The summed E-state index contributed by atoms with van der Waals surface area (Å²) in [6.07, 6.45) is 3.43. The van der Waals surface area contributed by atoms with Gasteiger partial charge >= 0.3 is 0 Å². The number of nitrogens with one attached hydrogen (secondary N) is 1. The van der Waals surface area contributed by atoms with Crippen LogP contribution in [-0.2, 0) is 6.42 Å². The molecule has 0 heterocycles. The largest absolute Gasteiger partial charge is 0.497 e. The van der Waals surface area contributed by atoms with Gasteiger partial charge in [0.25, 0.3) is 0 Å². The average molecular weight is 278 g/mol. The molecular weight excluding hydrogens is 260 g/mol. The minimum absolute atomic E-state index is 0.303. The quantitative estimate of drug-likeness (QED) is 0.921. The summed E-state index contributed by atoms with van der Waals surface area (Å²) in [4.78, 5) is 0. The lowest BCUT2D eigenvalue weighted by atomic mass is 9.87. The number of nitrogens with zero attached hydrogens (tertiary/aromatic N) is 1. The van der Waals surface area contributed by atoms with Crippen molar-refractivity contribution in [1.29, 1.82) is 5.26 Å². The number of benzene rings is 2. The summed E-state index contributed by atoms with van der Waals surface area (Å²) in [5.74, 6) is 0.905. The van der Waals surface area contributed by atoms with Crippen LogP contribution >= 0.6 is 0 Å². The van der Waals surface area contributed by atoms with Gasteiger partial charge in [0, 0.05) is 5.69 Å². The Kier molecular flexibility index (Phi) is 3.79. The molecule has 3 rings (SSSR count). The summed E-state index contributed by atoms with van der Waals surface area (Å²) in [6.45, 7) is 0. The van der Waals surface area contributed by atoms with Gasteiger partial charge in [-0.1, -0.05) is 6.07 Å². The van der Waals surface area contributed by atoms with Gasteiger partial charge in [0.05, 0.1) is 24.8 Å². The van der Waals surface area contributed by atoms with Gasteiger partial charge in [-0.3, -0.25) is 0 Å². The van der Waals surface area contributed by atoms with Crippen molar-refractivity contribution in [1.82, 2.24) is 0 Å². The minimum Gasteiger partial charge on any atom is -0.497 e. The van der Waals surface area contributed by atoms with Crippen LogP contribution in [-0.4, -0.2) is 7.11 Å². The number of anilines is 1. The smallest absolute Gasteiger partial charge is 0.119 e. The Bertz CT molecular complexity index is 671. The Labute approximate surface area is 125 Å². The van der Waals surface area contributed by atoms with Crippen LogP contribution in [0.1, 0.15) is 35.6 Å². The van der Waals surface area contributed by atoms with Crippen LogP contribution in [0.2, 0.25) is 0 Å². The lowest BCUT2D eigenvalue weighted by Crippen LogP contribution is -2.17. The van der Waals surface area contributed by atoms with E-state index in [2.05, 4.69) is 23.5 Å². The number of hydrogen-bond donors (Lipinski definition) is 1. The van der Waals surface area contributed by atoms with Crippen LogP contribution in [0, 0.1) is 11.3 Å². The Balaban J connectivity index is 1.85. The molecule has 0 saturated carbocycles. The molecule has 1 aliphatic rings. The van der Waals surface area contributed by atoms with E-state index >= 15 is 0 Å². The molecule has 0 aliphatic heterocycles. The molecule has 2 aromatic carbocycles. The molecule has 0 saturated heterocycles. The minimum atomic E-state index is 0.303. The first-order chi connectivity index (χ1) is 10.3. The van der Waals surface area contributed by atoms with Crippen LogP contribution in [0.3, 0.4) is 0 Å². The van der Waals surface area contributed by atoms with Crippen LogP contribution in [0.4, 0.5) is 5.69 Å². The maximum Gasteiger partial charge on any atom is 0.119 e. The predicted molar refractivity (Wildman–Crippen MR) is 83.5 cm³/mol. The molecule has 2 aromatic rings. The average Bonchev–Trinajstić information content (AvgIpc) is 2.55. The van der Waals surface area contributed by atoms with Crippen LogP contribution < -0.4 is 10.1 Å². The summed E-state index contributed by atoms with van der Waals surface area (Å²) in [7, 11) is 1.70. The number of aryl methyl sites for hydroxylation is 1. The SMILES string of the molecule is COc1ccc2c(c1)C(Nc1ccc(C#N)cc1)CCC2. The zero-order chi connectivity index (χ0) is 14.7. The number of nitriles is 1. The molecule has 0 radical (unpaired) electrons. The Morgan fingerprint density at radius 1 is 1.19 bits per heavy atom. The lowest BCUT2D eigenvalue weighted by molar-refractivity contribution is 0.413. The summed E-state index contributed by atoms with van der Waals surface area (Å²) < 4.78 is 5.35. The zero-order valence-corrected chi connectivity index (χ0v) is 12.1. The number of methoxy groups -OCH3 is 1. The Hall–Kier alpha value is -2.47. The van der Waals surface area contributed by atoms with Gasteiger partial charge < -0.3 is 10.1 Å². The predicted octanol–water partition coefficient (Wildman–Crippen LogP) is 4.06. The topological polar surface area (TPSA) is 45.0 Å². The van der Waals surface area contributed by atoms with Gasteiger partial charge in [-0.05, 0) is 66.8 Å². The van der Waals surface area contributed by atoms with Crippen molar-refractivity contribution >= 4 is 5.69 Å². The lowest BCUT2D eigenvalue weighted by Gasteiger charge is -2.27. The molecule has 21 heavy (non-hydrogen) atoms. The van der Waals surface area contributed by atoms with Crippen molar-refractivity contribution < 1.29 is 4.74 Å². The van der Waals surface area contributed by atoms with E-state index in [4.69, 9.17) is 10.00 Å². The second kappa shape index (κ2) is 5.88. The molecule has 0 fully saturated rings. The standard InChI is InChI=1S/C18H18N2O/c1-21-16-10-7-14-3-2-4-18(17(14)11-16)20-15-8-5-13(12-19)6-9-15/h5-11,18,20H,2-4H2,1H3. The van der Waals surface area contributed by atoms with Crippen molar-refractivity contribution in [3.8, 4) is 11.8 Å². The van der Waals surface area contributed by atoms with Crippen molar-refractivity contribution in [3.63, 3.8) is 0 Å². The number of hydrogen-bond acceptors (Lipinski definition) is 3. The first kappa shape index (κ1) is 13.5. The number of rotatable bonds is 3. The van der Waals surface area contributed by atoms with Gasteiger partial charge in [0.1, 0.15) is 5.75 Å². The Morgan fingerprint density at radius 3 is 2.71 bits per heavy atom. The van der Waals surface area contributed by atoms with Crippen molar-refractivity contribution in [2.24, 2.45) is 0 Å². The van der Waals surface area contributed by atoms with Crippen molar-refractivity contribution in [3.05, 3.63) is 59.2 Å². The molecule has 3 nitrogen and oxygen atoms in total. The molecule has 0 spiro atoms. The maximum atomic E-state index is 8.85. The van der Waals surface area contributed by atoms with Crippen LogP contribution in [0.5, 0.6) is 5.75 Å². The molecule has 3 heteroatoms. The third kappa shape index (κ3) is 2.85. The second-order valence-electron chi connectivity index (χ2n) is 5.34. The van der Waals surface area contributed by atoms with E-state index in [1.54, 1.807) is 7.11 Å². The molecule has 1 N–H and O–H groups in total. The molecular formula is C18H18N2O. The van der Waals surface area contributed by atoms with E-state index in [0.717, 1.165) is 24.3 Å². The molecule has 0 aromatic heterocycles. The highest BCUT2D eigenvalue weighted by Crippen LogP contribution is 2.34. The summed E-state index contributed by atoms with van der Waals surface area (Å²) in [6, 6.07) is 16.4. The van der Waals surface area contributed by atoms with Crippen molar-refractivity contribution in [2.45, 2.75) is 25.3 Å². The summed E-state index contributed by atoms with van der Waals surface area (Å²) in [5.41, 5.74) is 4.46. The molecule has 106 valence electrons. The third-order valence-electron chi connectivity index (χ3n) is 4.02. The van der Waals surface area contributed by atoms with Gasteiger partial charge in [0.2, 0.25) is 0 Å². The number of ether oxygens (including phenoxy) is 1. The van der Waals surface area contributed by atoms with E-state index in [0.29, 0.717) is 11.6 Å². The molecule has 1 atom stereocenters. The highest BCUT2D eigenvalue weighted by molar-refractivity contribution is 5.51. The fourth-order valence-corrected chi connectivity index (χ4v) is 2.90. The van der Waals surface area contributed by atoms with E-state index in [1.807, 2.05) is 30.3 Å². The van der Waals surface area contributed by atoms with E-state index in [9.17, 15) is 0 Å².